The maximum atomic E-state index is 13.8. The van der Waals surface area contributed by atoms with Crippen LogP contribution in [-0.2, 0) is 11.3 Å². The smallest absolute Gasteiger partial charge is 0.230 e. The van der Waals surface area contributed by atoms with Crippen LogP contribution < -0.4 is 5.32 Å². The summed E-state index contributed by atoms with van der Waals surface area (Å²) in [7, 11) is 0. The van der Waals surface area contributed by atoms with E-state index in [-0.39, 0.29) is 17.2 Å². The lowest BCUT2D eigenvalue weighted by atomic mass is 10.1. The molecule has 146 valence electrons. The van der Waals surface area contributed by atoms with E-state index in [4.69, 9.17) is 0 Å². The van der Waals surface area contributed by atoms with Crippen LogP contribution in [0.4, 0.5) is 8.78 Å². The van der Waals surface area contributed by atoms with Gasteiger partial charge in [0.1, 0.15) is 11.6 Å². The maximum absolute atomic E-state index is 13.8. The van der Waals surface area contributed by atoms with Gasteiger partial charge in [-0.2, -0.15) is 0 Å². The lowest BCUT2D eigenvalue weighted by Crippen LogP contribution is -2.28. The van der Waals surface area contributed by atoms with Crippen molar-refractivity contribution < 1.29 is 13.6 Å². The number of aromatic nitrogens is 3. The van der Waals surface area contributed by atoms with E-state index in [0.717, 1.165) is 17.5 Å². The van der Waals surface area contributed by atoms with Crippen molar-refractivity contribution in [3.05, 3.63) is 65.7 Å². The van der Waals surface area contributed by atoms with E-state index in [0.29, 0.717) is 11.7 Å². The Morgan fingerprint density at radius 2 is 1.93 bits per heavy atom. The van der Waals surface area contributed by atoms with Gasteiger partial charge in [-0.05, 0) is 19.9 Å². The third-order valence-corrected chi connectivity index (χ3v) is 5.17. The quantitative estimate of drug-likeness (QED) is 0.602. The monoisotopic (exact) mass is 402 g/mol. The molecule has 1 atom stereocenters. The Bertz CT molecular complexity index is 962. The fourth-order valence-electron chi connectivity index (χ4n) is 2.82. The van der Waals surface area contributed by atoms with Gasteiger partial charge in [0.15, 0.2) is 11.0 Å². The van der Waals surface area contributed by atoms with Crippen molar-refractivity contribution in [1.29, 1.82) is 0 Å². The highest BCUT2D eigenvalue weighted by atomic mass is 32.2. The van der Waals surface area contributed by atoms with Gasteiger partial charge in [-0.25, -0.2) is 8.78 Å². The van der Waals surface area contributed by atoms with Gasteiger partial charge in [0, 0.05) is 23.7 Å². The first-order valence-electron chi connectivity index (χ1n) is 8.85. The summed E-state index contributed by atoms with van der Waals surface area (Å²) in [6.07, 6.45) is 0. The van der Waals surface area contributed by atoms with E-state index in [9.17, 15) is 13.6 Å². The van der Waals surface area contributed by atoms with Crippen LogP contribution in [0.2, 0.25) is 0 Å². The number of carbonyl (C=O) groups is 1. The summed E-state index contributed by atoms with van der Waals surface area (Å²) in [6, 6.07) is 12.4. The summed E-state index contributed by atoms with van der Waals surface area (Å²) in [5, 5.41) is 11.8. The Balaban J connectivity index is 1.64. The van der Waals surface area contributed by atoms with Gasteiger partial charge >= 0.3 is 0 Å². The number of thioether (sulfide) groups is 1. The summed E-state index contributed by atoms with van der Waals surface area (Å²) in [5.74, 6) is -0.747. The number of amides is 1. The number of hydrogen-bond donors (Lipinski definition) is 1. The maximum Gasteiger partial charge on any atom is 0.230 e. The molecule has 0 spiro atoms. The first-order chi connectivity index (χ1) is 13.5. The lowest BCUT2D eigenvalue weighted by molar-refractivity contribution is -0.119. The number of nitrogens with one attached hydrogen (secondary N) is 1. The highest BCUT2D eigenvalue weighted by Gasteiger charge is 2.17. The number of nitrogens with zero attached hydrogens (tertiary/aromatic N) is 3. The minimum absolute atomic E-state index is 0.111. The van der Waals surface area contributed by atoms with Crippen molar-refractivity contribution in [2.45, 2.75) is 31.6 Å². The Morgan fingerprint density at radius 1 is 1.18 bits per heavy atom. The van der Waals surface area contributed by atoms with E-state index >= 15 is 0 Å². The molecular weight excluding hydrogens is 382 g/mol. The largest absolute Gasteiger partial charge is 0.349 e. The zero-order chi connectivity index (χ0) is 20.1. The molecule has 0 saturated carbocycles. The molecule has 1 aromatic heterocycles. The second kappa shape index (κ2) is 8.97. The molecule has 28 heavy (non-hydrogen) atoms. The van der Waals surface area contributed by atoms with Gasteiger partial charge < -0.3 is 9.88 Å². The number of rotatable bonds is 7. The molecule has 0 saturated heterocycles. The SMILES string of the molecule is CCn1c(SCC(=O)N[C@H](C)c2ccc(F)cc2F)nnc1-c1ccccc1. The zero-order valence-corrected chi connectivity index (χ0v) is 16.3. The van der Waals surface area contributed by atoms with Crippen molar-refractivity contribution in [2.75, 3.05) is 5.75 Å². The van der Waals surface area contributed by atoms with Crippen LogP contribution in [0.1, 0.15) is 25.5 Å². The minimum Gasteiger partial charge on any atom is -0.349 e. The molecule has 0 aliphatic carbocycles. The fourth-order valence-corrected chi connectivity index (χ4v) is 3.64. The lowest BCUT2D eigenvalue weighted by Gasteiger charge is -2.15. The van der Waals surface area contributed by atoms with E-state index in [1.54, 1.807) is 6.92 Å². The average Bonchev–Trinajstić information content (AvgIpc) is 3.09. The van der Waals surface area contributed by atoms with Gasteiger partial charge in [0.05, 0.1) is 11.8 Å². The molecule has 1 N–H and O–H groups in total. The van der Waals surface area contributed by atoms with E-state index in [1.807, 2.05) is 41.8 Å². The fraction of sp³-hybridized carbons (Fsp3) is 0.250. The molecular formula is C20H20F2N4OS. The average molecular weight is 402 g/mol. The summed E-state index contributed by atoms with van der Waals surface area (Å²) < 4.78 is 28.8. The predicted molar refractivity (Wildman–Crippen MR) is 105 cm³/mol. The Kier molecular flexibility index (Phi) is 6.41. The van der Waals surface area contributed by atoms with Crippen LogP contribution in [0.15, 0.2) is 53.7 Å². The second-order valence-corrected chi connectivity index (χ2v) is 7.10. The van der Waals surface area contributed by atoms with Crippen LogP contribution in [0.5, 0.6) is 0 Å². The van der Waals surface area contributed by atoms with Crippen molar-refractivity contribution in [1.82, 2.24) is 20.1 Å². The van der Waals surface area contributed by atoms with Gasteiger partial charge in [-0.3, -0.25) is 4.79 Å². The van der Waals surface area contributed by atoms with Crippen molar-refractivity contribution in [2.24, 2.45) is 0 Å². The molecule has 0 unspecified atom stereocenters. The highest BCUT2D eigenvalue weighted by molar-refractivity contribution is 7.99. The van der Waals surface area contributed by atoms with Gasteiger partial charge in [0.2, 0.25) is 5.91 Å². The number of halogens is 2. The van der Waals surface area contributed by atoms with Crippen LogP contribution in [0.25, 0.3) is 11.4 Å². The molecule has 2 aromatic carbocycles. The molecule has 0 fully saturated rings. The van der Waals surface area contributed by atoms with Crippen LogP contribution >= 0.6 is 11.8 Å². The molecule has 3 rings (SSSR count). The first-order valence-corrected chi connectivity index (χ1v) is 9.84. The molecule has 0 aliphatic rings. The van der Waals surface area contributed by atoms with Crippen LogP contribution in [0.3, 0.4) is 0 Å². The molecule has 3 aromatic rings. The first kappa shape index (κ1) is 20.0. The van der Waals surface area contributed by atoms with E-state index < -0.39 is 17.7 Å². The second-order valence-electron chi connectivity index (χ2n) is 6.16. The molecule has 8 heteroatoms. The van der Waals surface area contributed by atoms with E-state index in [1.165, 1.54) is 23.9 Å². The Labute approximate surface area is 166 Å². The molecule has 0 bridgehead atoms. The molecule has 1 amide bonds. The van der Waals surface area contributed by atoms with Gasteiger partial charge in [0.25, 0.3) is 0 Å². The normalized spacial score (nSPS) is 12.0. The number of hydrogen-bond acceptors (Lipinski definition) is 4. The van der Waals surface area contributed by atoms with Crippen LogP contribution in [0, 0.1) is 11.6 Å². The summed E-state index contributed by atoms with van der Waals surface area (Å²) >= 11 is 1.26. The molecule has 1 heterocycles. The Hall–Kier alpha value is -2.74. The minimum atomic E-state index is -0.682. The zero-order valence-electron chi connectivity index (χ0n) is 15.5. The number of carbonyl (C=O) groups excluding carboxylic acids is 1. The van der Waals surface area contributed by atoms with Crippen molar-refractivity contribution >= 4 is 17.7 Å². The van der Waals surface area contributed by atoms with Gasteiger partial charge in [-0.1, -0.05) is 48.2 Å². The van der Waals surface area contributed by atoms with Crippen LogP contribution in [-0.4, -0.2) is 26.4 Å². The number of benzene rings is 2. The topological polar surface area (TPSA) is 59.8 Å². The third kappa shape index (κ3) is 4.56. The summed E-state index contributed by atoms with van der Waals surface area (Å²) in [6.45, 7) is 4.30. The molecule has 0 radical (unpaired) electrons. The molecule has 0 aliphatic heterocycles. The Morgan fingerprint density at radius 3 is 2.61 bits per heavy atom. The standard InChI is InChI=1S/C20H20F2N4OS/c1-3-26-19(14-7-5-4-6-8-14)24-25-20(26)28-12-18(27)23-13(2)16-10-9-15(21)11-17(16)22/h4-11,13H,3,12H2,1-2H3,(H,23,27)/t13-/m1/s1. The summed E-state index contributed by atoms with van der Waals surface area (Å²) in [5.41, 5.74) is 1.19. The third-order valence-electron chi connectivity index (χ3n) is 4.20. The van der Waals surface area contributed by atoms with Gasteiger partial charge in [-0.15, -0.1) is 10.2 Å². The van der Waals surface area contributed by atoms with Crippen molar-refractivity contribution in [3.63, 3.8) is 0 Å². The highest BCUT2D eigenvalue weighted by Crippen LogP contribution is 2.24. The predicted octanol–water partition coefficient (Wildman–Crippen LogP) is 4.21. The molecule has 5 nitrogen and oxygen atoms in total. The van der Waals surface area contributed by atoms with Crippen molar-refractivity contribution in [3.8, 4) is 11.4 Å². The summed E-state index contributed by atoms with van der Waals surface area (Å²) in [4.78, 5) is 12.3. The van der Waals surface area contributed by atoms with E-state index in [2.05, 4.69) is 15.5 Å².